The second-order valence-corrected chi connectivity index (χ2v) is 5.91. The van der Waals surface area contributed by atoms with Crippen molar-refractivity contribution in [3.8, 4) is 12.1 Å². The molecule has 0 spiro atoms. The summed E-state index contributed by atoms with van der Waals surface area (Å²) in [7, 11) is 0. The molecule has 3 aromatic rings. The first-order chi connectivity index (χ1) is 12.2. The largest absolute Gasteiger partial charge is 0.463 e. The minimum absolute atomic E-state index is 0.396. The lowest BCUT2D eigenvalue weighted by molar-refractivity contribution is 0.549. The molecule has 0 aliphatic carbocycles. The number of rotatable bonds is 2. The SMILES string of the molecule is CC1=NC(c2ccco2)=C(C#N)C(c2ccc3[nH]ncc3c2)C1C#N. The number of furan rings is 1. The molecule has 0 bridgehead atoms. The summed E-state index contributed by atoms with van der Waals surface area (Å²) in [5.41, 5.74) is 3.40. The first-order valence-electron chi connectivity index (χ1n) is 7.79. The zero-order valence-electron chi connectivity index (χ0n) is 13.4. The lowest BCUT2D eigenvalue weighted by atomic mass is 9.76. The van der Waals surface area contributed by atoms with Crippen molar-refractivity contribution < 1.29 is 4.42 Å². The van der Waals surface area contributed by atoms with Gasteiger partial charge in [0.2, 0.25) is 0 Å². The molecular formula is C19H13N5O. The van der Waals surface area contributed by atoms with E-state index in [-0.39, 0.29) is 0 Å². The van der Waals surface area contributed by atoms with Crippen LogP contribution in [-0.2, 0) is 0 Å². The summed E-state index contributed by atoms with van der Waals surface area (Å²) < 4.78 is 5.45. The highest BCUT2D eigenvalue weighted by molar-refractivity contribution is 5.96. The van der Waals surface area contributed by atoms with Crippen LogP contribution in [0.5, 0.6) is 0 Å². The van der Waals surface area contributed by atoms with E-state index in [0.717, 1.165) is 16.5 Å². The van der Waals surface area contributed by atoms with Crippen LogP contribution >= 0.6 is 0 Å². The Balaban J connectivity index is 1.95. The van der Waals surface area contributed by atoms with E-state index in [4.69, 9.17) is 4.42 Å². The van der Waals surface area contributed by atoms with Gasteiger partial charge in [0.25, 0.3) is 0 Å². The number of aromatic nitrogens is 2. The van der Waals surface area contributed by atoms with Gasteiger partial charge in [-0.1, -0.05) is 6.07 Å². The van der Waals surface area contributed by atoms with Gasteiger partial charge >= 0.3 is 0 Å². The van der Waals surface area contributed by atoms with Crippen molar-refractivity contribution in [2.45, 2.75) is 12.8 Å². The molecule has 1 N–H and O–H groups in total. The van der Waals surface area contributed by atoms with Crippen molar-refractivity contribution >= 4 is 22.3 Å². The number of H-pyrrole nitrogens is 1. The number of allylic oxidation sites excluding steroid dienone is 1. The third kappa shape index (κ3) is 2.32. The number of fused-ring (bicyclic) bond motifs is 1. The zero-order valence-corrected chi connectivity index (χ0v) is 13.4. The van der Waals surface area contributed by atoms with Crippen LogP contribution in [0.25, 0.3) is 16.6 Å². The second kappa shape index (κ2) is 5.77. The molecule has 6 nitrogen and oxygen atoms in total. The average molecular weight is 327 g/mol. The molecule has 1 aromatic carbocycles. The van der Waals surface area contributed by atoms with E-state index in [2.05, 4.69) is 27.3 Å². The third-order valence-electron chi connectivity index (χ3n) is 4.48. The van der Waals surface area contributed by atoms with E-state index in [1.807, 2.05) is 25.1 Å². The summed E-state index contributed by atoms with van der Waals surface area (Å²) in [6, 6.07) is 13.9. The molecule has 2 aromatic heterocycles. The minimum atomic E-state index is -0.502. The van der Waals surface area contributed by atoms with Gasteiger partial charge in [0.15, 0.2) is 5.76 Å². The summed E-state index contributed by atoms with van der Waals surface area (Å²) in [6.07, 6.45) is 3.28. The highest BCUT2D eigenvalue weighted by Crippen LogP contribution is 2.41. The number of nitriles is 2. The minimum Gasteiger partial charge on any atom is -0.463 e. The fourth-order valence-electron chi connectivity index (χ4n) is 3.27. The topological polar surface area (TPSA) is 102 Å². The number of hydrogen-bond donors (Lipinski definition) is 1. The van der Waals surface area contributed by atoms with Gasteiger partial charge in [0.1, 0.15) is 5.70 Å². The Morgan fingerprint density at radius 3 is 2.84 bits per heavy atom. The zero-order chi connectivity index (χ0) is 17.4. The molecule has 25 heavy (non-hydrogen) atoms. The van der Waals surface area contributed by atoms with Gasteiger partial charge in [-0.05, 0) is 36.8 Å². The van der Waals surface area contributed by atoms with Gasteiger partial charge in [-0.15, -0.1) is 0 Å². The maximum atomic E-state index is 9.82. The van der Waals surface area contributed by atoms with Crippen molar-refractivity contribution in [3.05, 3.63) is 59.7 Å². The molecule has 0 saturated heterocycles. The molecule has 0 radical (unpaired) electrons. The maximum Gasteiger partial charge on any atom is 0.153 e. The van der Waals surface area contributed by atoms with Crippen molar-refractivity contribution in [3.63, 3.8) is 0 Å². The molecular weight excluding hydrogens is 314 g/mol. The Hall–Kier alpha value is -3.64. The molecule has 6 heteroatoms. The van der Waals surface area contributed by atoms with Crippen molar-refractivity contribution in [2.75, 3.05) is 0 Å². The average Bonchev–Trinajstić information content (AvgIpc) is 3.31. The lowest BCUT2D eigenvalue weighted by Crippen LogP contribution is -2.24. The van der Waals surface area contributed by atoms with E-state index in [9.17, 15) is 10.5 Å². The standard InChI is InChI=1S/C19H13N5O/c1-11-14(8-20)18(12-4-5-16-13(7-12)10-22-24-16)15(9-21)19(23-11)17-3-2-6-25-17/h2-7,10,14,18H,1H3,(H,22,24). The Kier molecular flexibility index (Phi) is 3.45. The van der Waals surface area contributed by atoms with Gasteiger partial charge in [0.05, 0.1) is 41.6 Å². The Bertz CT molecular complexity index is 1090. The molecule has 120 valence electrons. The highest BCUT2D eigenvalue weighted by Gasteiger charge is 2.36. The first-order valence-corrected chi connectivity index (χ1v) is 7.79. The molecule has 1 aliphatic heterocycles. The van der Waals surface area contributed by atoms with E-state index < -0.39 is 11.8 Å². The van der Waals surface area contributed by atoms with E-state index in [0.29, 0.717) is 22.7 Å². The fraction of sp³-hybridized carbons (Fsp3) is 0.158. The maximum absolute atomic E-state index is 9.82. The molecule has 1 aliphatic rings. The van der Waals surface area contributed by atoms with Crippen LogP contribution in [0.1, 0.15) is 24.2 Å². The molecule has 0 fully saturated rings. The molecule has 4 rings (SSSR count). The summed E-state index contributed by atoms with van der Waals surface area (Å²) in [4.78, 5) is 4.50. The third-order valence-corrected chi connectivity index (χ3v) is 4.48. The number of aromatic amines is 1. The molecule has 3 heterocycles. The fourth-order valence-corrected chi connectivity index (χ4v) is 3.27. The van der Waals surface area contributed by atoms with Crippen LogP contribution in [0.2, 0.25) is 0 Å². The van der Waals surface area contributed by atoms with Gasteiger partial charge in [-0.25, -0.2) is 0 Å². The predicted octanol–water partition coefficient (Wildman–Crippen LogP) is 3.79. The number of nitrogens with one attached hydrogen (secondary N) is 1. The normalized spacial score (nSPS) is 20.2. The lowest BCUT2D eigenvalue weighted by Gasteiger charge is -2.27. The van der Waals surface area contributed by atoms with Gasteiger partial charge in [0, 0.05) is 17.0 Å². The summed E-state index contributed by atoms with van der Waals surface area (Å²) in [5, 5.41) is 27.4. The monoisotopic (exact) mass is 327 g/mol. The molecule has 0 saturated carbocycles. The van der Waals surface area contributed by atoms with E-state index in [1.165, 1.54) is 0 Å². The van der Waals surface area contributed by atoms with Gasteiger partial charge in [-0.3, -0.25) is 10.1 Å². The van der Waals surface area contributed by atoms with Crippen LogP contribution in [0.15, 0.2) is 57.8 Å². The molecule has 2 atom stereocenters. The van der Waals surface area contributed by atoms with Crippen LogP contribution in [0.4, 0.5) is 0 Å². The van der Waals surface area contributed by atoms with Crippen molar-refractivity contribution in [1.29, 1.82) is 10.5 Å². The van der Waals surface area contributed by atoms with Crippen LogP contribution in [0, 0.1) is 28.6 Å². The number of aliphatic imine (C=N–C) groups is 1. The number of hydrogen-bond acceptors (Lipinski definition) is 5. The van der Waals surface area contributed by atoms with Crippen LogP contribution < -0.4 is 0 Å². The molecule has 0 amide bonds. The van der Waals surface area contributed by atoms with E-state index >= 15 is 0 Å². The van der Waals surface area contributed by atoms with Gasteiger partial charge < -0.3 is 4.42 Å². The summed E-state index contributed by atoms with van der Waals surface area (Å²) in [5.74, 6) is -0.369. The second-order valence-electron chi connectivity index (χ2n) is 5.91. The first kappa shape index (κ1) is 14.9. The number of benzene rings is 1. The van der Waals surface area contributed by atoms with E-state index in [1.54, 1.807) is 24.6 Å². The highest BCUT2D eigenvalue weighted by atomic mass is 16.3. The Labute approximate surface area is 143 Å². The molecule has 2 unspecified atom stereocenters. The summed E-state index contributed by atoms with van der Waals surface area (Å²) in [6.45, 7) is 1.81. The Morgan fingerprint density at radius 2 is 2.12 bits per heavy atom. The number of nitrogens with zero attached hydrogens (tertiary/aromatic N) is 4. The Morgan fingerprint density at radius 1 is 1.24 bits per heavy atom. The summed E-state index contributed by atoms with van der Waals surface area (Å²) >= 11 is 0. The smallest absolute Gasteiger partial charge is 0.153 e. The van der Waals surface area contributed by atoms with Crippen LogP contribution in [0.3, 0.4) is 0 Å². The van der Waals surface area contributed by atoms with Crippen molar-refractivity contribution in [1.82, 2.24) is 10.2 Å². The van der Waals surface area contributed by atoms with Crippen molar-refractivity contribution in [2.24, 2.45) is 10.9 Å². The predicted molar refractivity (Wildman–Crippen MR) is 92.3 cm³/mol. The quantitative estimate of drug-likeness (QED) is 0.773. The van der Waals surface area contributed by atoms with Crippen LogP contribution in [-0.4, -0.2) is 15.9 Å². The van der Waals surface area contributed by atoms with Gasteiger partial charge in [-0.2, -0.15) is 15.6 Å².